The third-order valence-electron chi connectivity index (χ3n) is 2.90. The average molecular weight is 212 g/mol. The van der Waals surface area contributed by atoms with Crippen LogP contribution < -0.4 is 4.74 Å². The summed E-state index contributed by atoms with van der Waals surface area (Å²) in [5, 5.41) is 2.41. The summed E-state index contributed by atoms with van der Waals surface area (Å²) in [5.41, 5.74) is 3.37. The van der Waals surface area contributed by atoms with Gasteiger partial charge in [-0.25, -0.2) is 0 Å². The van der Waals surface area contributed by atoms with Crippen molar-refractivity contribution in [3.05, 3.63) is 36.2 Å². The van der Waals surface area contributed by atoms with Crippen molar-refractivity contribution in [3.63, 3.8) is 0 Å². The van der Waals surface area contributed by atoms with Crippen molar-refractivity contribution < 1.29 is 4.74 Å². The van der Waals surface area contributed by atoms with Crippen LogP contribution in [-0.4, -0.2) is 17.1 Å². The van der Waals surface area contributed by atoms with Crippen molar-refractivity contribution >= 4 is 21.8 Å². The molecule has 2 heterocycles. The van der Waals surface area contributed by atoms with Gasteiger partial charge in [-0.1, -0.05) is 0 Å². The van der Waals surface area contributed by atoms with Gasteiger partial charge in [0.25, 0.3) is 0 Å². The van der Waals surface area contributed by atoms with Crippen LogP contribution in [0.5, 0.6) is 5.75 Å². The monoisotopic (exact) mass is 212 g/mol. The molecule has 0 spiro atoms. The predicted octanol–water partition coefficient (Wildman–Crippen LogP) is 3.03. The fourth-order valence-corrected chi connectivity index (χ4v) is 2.13. The molecule has 0 radical (unpaired) electrons. The molecule has 3 heteroatoms. The number of hydrogen-bond donors (Lipinski definition) is 1. The summed E-state index contributed by atoms with van der Waals surface area (Å²) in [6.45, 7) is 2.07. The van der Waals surface area contributed by atoms with Crippen molar-refractivity contribution in [1.29, 1.82) is 0 Å². The summed E-state index contributed by atoms with van der Waals surface area (Å²) in [5.74, 6) is 0.879. The summed E-state index contributed by atoms with van der Waals surface area (Å²) in [6.07, 6.45) is 3.74. The van der Waals surface area contributed by atoms with Crippen LogP contribution in [0, 0.1) is 6.92 Å². The van der Waals surface area contributed by atoms with Crippen LogP contribution in [0.2, 0.25) is 0 Å². The zero-order valence-electron chi connectivity index (χ0n) is 9.24. The van der Waals surface area contributed by atoms with Gasteiger partial charge in [0.1, 0.15) is 5.75 Å². The smallest absolute Gasteiger partial charge is 0.119 e. The maximum Gasteiger partial charge on any atom is 0.119 e. The van der Waals surface area contributed by atoms with Crippen LogP contribution in [0.25, 0.3) is 21.8 Å². The lowest BCUT2D eigenvalue weighted by atomic mass is 10.1. The first-order chi connectivity index (χ1) is 7.79. The molecule has 0 amide bonds. The molecular weight excluding hydrogens is 200 g/mol. The number of methoxy groups -OCH3 is 1. The Hall–Kier alpha value is -2.03. The van der Waals surface area contributed by atoms with Crippen LogP contribution in [0.1, 0.15) is 5.56 Å². The SMILES string of the molecule is COc1ccc2[nH]c3cncc(C)c3c2c1. The molecule has 3 nitrogen and oxygen atoms in total. The number of H-pyrrole nitrogens is 1. The second-order valence-electron chi connectivity index (χ2n) is 3.92. The number of pyridine rings is 1. The first-order valence-corrected chi connectivity index (χ1v) is 5.19. The molecule has 16 heavy (non-hydrogen) atoms. The molecule has 80 valence electrons. The van der Waals surface area contributed by atoms with E-state index < -0.39 is 0 Å². The quantitative estimate of drug-likeness (QED) is 0.673. The zero-order chi connectivity index (χ0) is 11.1. The van der Waals surface area contributed by atoms with Crippen molar-refractivity contribution in [2.45, 2.75) is 6.92 Å². The standard InChI is InChI=1S/C13H12N2O/c1-8-6-14-7-12-13(8)10-5-9(16-2)3-4-11(10)15-12/h3-7,15H,1-2H3. The van der Waals surface area contributed by atoms with Gasteiger partial charge in [-0.3, -0.25) is 4.98 Å². The van der Waals surface area contributed by atoms with Crippen molar-refractivity contribution in [3.8, 4) is 5.75 Å². The Balaban J connectivity index is 2.50. The van der Waals surface area contributed by atoms with Crippen LogP contribution in [-0.2, 0) is 0 Å². The normalized spacial score (nSPS) is 11.1. The largest absolute Gasteiger partial charge is 0.497 e. The molecule has 0 saturated carbocycles. The predicted molar refractivity (Wildman–Crippen MR) is 64.9 cm³/mol. The highest BCUT2D eigenvalue weighted by atomic mass is 16.5. The molecule has 0 saturated heterocycles. The lowest BCUT2D eigenvalue weighted by Crippen LogP contribution is -1.81. The van der Waals surface area contributed by atoms with E-state index in [1.54, 1.807) is 7.11 Å². The Morgan fingerprint density at radius 3 is 2.88 bits per heavy atom. The van der Waals surface area contributed by atoms with Gasteiger partial charge in [-0.2, -0.15) is 0 Å². The number of aromatic nitrogens is 2. The Bertz CT molecular complexity index is 670. The summed E-state index contributed by atoms with van der Waals surface area (Å²) < 4.78 is 5.25. The van der Waals surface area contributed by atoms with Gasteiger partial charge in [0.15, 0.2) is 0 Å². The van der Waals surface area contributed by atoms with Gasteiger partial charge < -0.3 is 9.72 Å². The lowest BCUT2D eigenvalue weighted by Gasteiger charge is -1.99. The fraction of sp³-hybridized carbons (Fsp3) is 0.154. The molecule has 2 aromatic heterocycles. The Labute approximate surface area is 93.1 Å². The topological polar surface area (TPSA) is 37.9 Å². The van der Waals surface area contributed by atoms with Crippen LogP contribution in [0.4, 0.5) is 0 Å². The third-order valence-corrected chi connectivity index (χ3v) is 2.90. The van der Waals surface area contributed by atoms with Crippen LogP contribution in [0.15, 0.2) is 30.6 Å². The number of nitrogens with one attached hydrogen (secondary N) is 1. The third kappa shape index (κ3) is 1.18. The summed E-state index contributed by atoms with van der Waals surface area (Å²) in [6, 6.07) is 6.05. The van der Waals surface area contributed by atoms with E-state index in [1.807, 2.05) is 24.5 Å². The van der Waals surface area contributed by atoms with Crippen LogP contribution in [0.3, 0.4) is 0 Å². The Kier molecular flexibility index (Phi) is 1.86. The number of fused-ring (bicyclic) bond motifs is 3. The molecule has 1 aromatic carbocycles. The zero-order valence-corrected chi connectivity index (χ0v) is 9.24. The molecule has 3 rings (SSSR count). The van der Waals surface area contributed by atoms with E-state index in [9.17, 15) is 0 Å². The summed E-state index contributed by atoms with van der Waals surface area (Å²) >= 11 is 0. The molecule has 0 aliphatic carbocycles. The number of hydrogen-bond acceptors (Lipinski definition) is 2. The molecule has 3 aromatic rings. The van der Waals surface area contributed by atoms with E-state index in [4.69, 9.17) is 4.74 Å². The molecule has 0 bridgehead atoms. The number of ether oxygens (including phenoxy) is 1. The van der Waals surface area contributed by atoms with Gasteiger partial charge in [-0.15, -0.1) is 0 Å². The molecule has 0 unspecified atom stereocenters. The molecule has 0 atom stereocenters. The second kappa shape index (κ2) is 3.23. The average Bonchev–Trinajstić information content (AvgIpc) is 2.67. The summed E-state index contributed by atoms with van der Waals surface area (Å²) in [7, 11) is 1.68. The van der Waals surface area contributed by atoms with Gasteiger partial charge in [0.2, 0.25) is 0 Å². The Morgan fingerprint density at radius 1 is 1.19 bits per heavy atom. The number of aromatic amines is 1. The minimum Gasteiger partial charge on any atom is -0.497 e. The van der Waals surface area contributed by atoms with Gasteiger partial charge in [-0.05, 0) is 30.7 Å². The van der Waals surface area contributed by atoms with Gasteiger partial charge >= 0.3 is 0 Å². The maximum absolute atomic E-state index is 5.25. The second-order valence-corrected chi connectivity index (χ2v) is 3.92. The van der Waals surface area contributed by atoms with E-state index >= 15 is 0 Å². The highest BCUT2D eigenvalue weighted by molar-refractivity contribution is 6.08. The highest BCUT2D eigenvalue weighted by Crippen LogP contribution is 2.29. The van der Waals surface area contributed by atoms with E-state index in [1.165, 1.54) is 16.3 Å². The van der Waals surface area contributed by atoms with Crippen molar-refractivity contribution in [2.24, 2.45) is 0 Å². The highest BCUT2D eigenvalue weighted by Gasteiger charge is 2.07. The Morgan fingerprint density at radius 2 is 2.06 bits per heavy atom. The van der Waals surface area contributed by atoms with E-state index in [2.05, 4.69) is 23.0 Å². The first kappa shape index (κ1) is 9.21. The van der Waals surface area contributed by atoms with Crippen molar-refractivity contribution in [1.82, 2.24) is 9.97 Å². The lowest BCUT2D eigenvalue weighted by molar-refractivity contribution is 0.415. The van der Waals surface area contributed by atoms with Gasteiger partial charge in [0.05, 0.1) is 18.8 Å². The van der Waals surface area contributed by atoms with E-state index in [0.29, 0.717) is 0 Å². The van der Waals surface area contributed by atoms with Gasteiger partial charge in [0, 0.05) is 22.5 Å². The maximum atomic E-state index is 5.25. The van der Waals surface area contributed by atoms with E-state index in [0.717, 1.165) is 16.8 Å². The summed E-state index contributed by atoms with van der Waals surface area (Å²) in [4.78, 5) is 7.54. The minimum atomic E-state index is 0.879. The molecular formula is C13H12N2O. The minimum absolute atomic E-state index is 0.879. The number of aryl methyl sites for hydroxylation is 1. The number of benzene rings is 1. The molecule has 0 aliphatic rings. The van der Waals surface area contributed by atoms with E-state index in [-0.39, 0.29) is 0 Å². The molecule has 1 N–H and O–H groups in total. The number of rotatable bonds is 1. The fourth-order valence-electron chi connectivity index (χ4n) is 2.13. The molecule has 0 fully saturated rings. The number of nitrogens with zero attached hydrogens (tertiary/aromatic N) is 1. The first-order valence-electron chi connectivity index (χ1n) is 5.19. The van der Waals surface area contributed by atoms with Crippen molar-refractivity contribution in [2.75, 3.05) is 7.11 Å². The van der Waals surface area contributed by atoms with Crippen LogP contribution >= 0.6 is 0 Å². The molecule has 0 aliphatic heterocycles.